The van der Waals surface area contributed by atoms with Gasteiger partial charge in [0.1, 0.15) is 5.75 Å². The minimum atomic E-state index is -0.0503. The highest BCUT2D eigenvalue weighted by Gasteiger charge is 2.16. The zero-order chi connectivity index (χ0) is 20.8. The number of benzene rings is 2. The number of carbonyl (C=O) groups is 1. The molecule has 1 N–H and O–H groups in total. The van der Waals surface area contributed by atoms with Crippen LogP contribution in [0.1, 0.15) is 52.4 Å². The van der Waals surface area contributed by atoms with Gasteiger partial charge in [-0.1, -0.05) is 38.1 Å². The Kier molecular flexibility index (Phi) is 7.29. The van der Waals surface area contributed by atoms with E-state index in [0.717, 1.165) is 55.3 Å². The molecule has 0 atom stereocenters. The van der Waals surface area contributed by atoms with Crippen molar-refractivity contribution in [1.29, 1.82) is 0 Å². The molecule has 1 heterocycles. The molecule has 2 aromatic carbocycles. The highest BCUT2D eigenvalue weighted by atomic mass is 16.5. The number of hydrogen-bond donors (Lipinski definition) is 1. The van der Waals surface area contributed by atoms with Gasteiger partial charge in [0.15, 0.2) is 0 Å². The number of methoxy groups -OCH3 is 1. The average Bonchev–Trinajstić information content (AvgIpc) is 2.72. The van der Waals surface area contributed by atoms with Crippen molar-refractivity contribution in [2.75, 3.05) is 33.4 Å². The molecule has 5 heteroatoms. The van der Waals surface area contributed by atoms with Gasteiger partial charge in [-0.15, -0.1) is 0 Å². The van der Waals surface area contributed by atoms with Crippen molar-refractivity contribution >= 4 is 5.91 Å². The van der Waals surface area contributed by atoms with Crippen LogP contribution in [0, 0.1) is 6.92 Å². The van der Waals surface area contributed by atoms with E-state index >= 15 is 0 Å². The van der Waals surface area contributed by atoms with Gasteiger partial charge in [-0.25, -0.2) is 0 Å². The Bertz CT molecular complexity index is 842. The largest absolute Gasteiger partial charge is 0.496 e. The van der Waals surface area contributed by atoms with Crippen molar-refractivity contribution in [1.82, 2.24) is 10.2 Å². The third-order valence-corrected chi connectivity index (χ3v) is 5.40. The minimum absolute atomic E-state index is 0.0503. The summed E-state index contributed by atoms with van der Waals surface area (Å²) in [4.78, 5) is 15.2. The van der Waals surface area contributed by atoms with Crippen LogP contribution in [0.4, 0.5) is 0 Å². The van der Waals surface area contributed by atoms with E-state index in [4.69, 9.17) is 9.47 Å². The van der Waals surface area contributed by atoms with Crippen molar-refractivity contribution in [2.24, 2.45) is 0 Å². The van der Waals surface area contributed by atoms with Gasteiger partial charge in [0.25, 0.3) is 5.91 Å². The van der Waals surface area contributed by atoms with E-state index in [-0.39, 0.29) is 11.8 Å². The fourth-order valence-corrected chi connectivity index (χ4v) is 3.70. The molecular weight excluding hydrogens is 364 g/mol. The monoisotopic (exact) mass is 396 g/mol. The van der Waals surface area contributed by atoms with Crippen molar-refractivity contribution in [3.05, 3.63) is 64.2 Å². The maximum Gasteiger partial charge on any atom is 0.251 e. The lowest BCUT2D eigenvalue weighted by Crippen LogP contribution is -2.35. The van der Waals surface area contributed by atoms with Crippen LogP contribution in [-0.2, 0) is 17.8 Å². The van der Waals surface area contributed by atoms with Gasteiger partial charge in [0.2, 0.25) is 0 Å². The third kappa shape index (κ3) is 5.58. The highest BCUT2D eigenvalue weighted by molar-refractivity contribution is 5.96. The fraction of sp³-hybridized carbons (Fsp3) is 0.458. The molecule has 0 aromatic heterocycles. The zero-order valence-corrected chi connectivity index (χ0v) is 18.0. The van der Waals surface area contributed by atoms with Crippen molar-refractivity contribution in [2.45, 2.75) is 39.8 Å². The van der Waals surface area contributed by atoms with Gasteiger partial charge >= 0.3 is 0 Å². The molecule has 2 aromatic rings. The molecule has 0 spiro atoms. The Morgan fingerprint density at radius 3 is 2.59 bits per heavy atom. The summed E-state index contributed by atoms with van der Waals surface area (Å²) in [5.74, 6) is 1.07. The highest BCUT2D eigenvalue weighted by Crippen LogP contribution is 2.29. The lowest BCUT2D eigenvalue weighted by Gasteiger charge is -2.26. The van der Waals surface area contributed by atoms with E-state index in [1.165, 1.54) is 5.56 Å². The second-order valence-electron chi connectivity index (χ2n) is 7.95. The maximum absolute atomic E-state index is 12.8. The number of hydrogen-bond acceptors (Lipinski definition) is 4. The maximum atomic E-state index is 12.8. The number of carbonyl (C=O) groups excluding carboxylic acids is 1. The van der Waals surface area contributed by atoms with E-state index in [1.807, 2.05) is 19.1 Å². The second-order valence-corrected chi connectivity index (χ2v) is 7.95. The van der Waals surface area contributed by atoms with Crippen LogP contribution in [0.15, 0.2) is 36.4 Å². The molecule has 1 saturated heterocycles. The first-order valence-corrected chi connectivity index (χ1v) is 10.3. The summed E-state index contributed by atoms with van der Waals surface area (Å²) in [5.41, 5.74) is 5.06. The van der Waals surface area contributed by atoms with Crippen LogP contribution in [0.25, 0.3) is 0 Å². The van der Waals surface area contributed by atoms with Gasteiger partial charge in [0.05, 0.1) is 20.3 Å². The third-order valence-electron chi connectivity index (χ3n) is 5.40. The van der Waals surface area contributed by atoms with E-state index < -0.39 is 0 Å². The number of aryl methyl sites for hydroxylation is 1. The molecule has 5 nitrogen and oxygen atoms in total. The van der Waals surface area contributed by atoms with Crippen molar-refractivity contribution in [3.63, 3.8) is 0 Å². The van der Waals surface area contributed by atoms with E-state index in [2.05, 4.69) is 48.3 Å². The minimum Gasteiger partial charge on any atom is -0.496 e. The molecule has 1 fully saturated rings. The van der Waals surface area contributed by atoms with Gasteiger partial charge in [-0.2, -0.15) is 0 Å². The summed E-state index contributed by atoms with van der Waals surface area (Å²) >= 11 is 0. The molecule has 1 amide bonds. The van der Waals surface area contributed by atoms with Gasteiger partial charge in [0, 0.05) is 31.7 Å². The van der Waals surface area contributed by atoms with Gasteiger partial charge in [-0.3, -0.25) is 9.69 Å². The van der Waals surface area contributed by atoms with E-state index in [9.17, 15) is 4.79 Å². The number of morpholine rings is 1. The average molecular weight is 397 g/mol. The Balaban J connectivity index is 1.66. The first kappa shape index (κ1) is 21.3. The Morgan fingerprint density at radius 2 is 1.90 bits per heavy atom. The lowest BCUT2D eigenvalue weighted by atomic mass is 9.96. The topological polar surface area (TPSA) is 50.8 Å². The number of rotatable bonds is 7. The molecule has 0 radical (unpaired) electrons. The molecule has 29 heavy (non-hydrogen) atoms. The molecule has 0 aliphatic carbocycles. The zero-order valence-electron chi connectivity index (χ0n) is 18.0. The fourth-order valence-electron chi connectivity index (χ4n) is 3.70. The number of nitrogens with zero attached hydrogens (tertiary/aromatic N) is 1. The smallest absolute Gasteiger partial charge is 0.251 e. The van der Waals surface area contributed by atoms with Crippen LogP contribution >= 0.6 is 0 Å². The molecule has 3 rings (SSSR count). The normalized spacial score (nSPS) is 14.8. The summed E-state index contributed by atoms with van der Waals surface area (Å²) in [7, 11) is 1.67. The summed E-state index contributed by atoms with van der Waals surface area (Å²) in [6.07, 6.45) is 0. The summed E-state index contributed by atoms with van der Waals surface area (Å²) < 4.78 is 10.9. The summed E-state index contributed by atoms with van der Waals surface area (Å²) in [6, 6.07) is 12.4. The first-order chi connectivity index (χ1) is 14.0. The molecule has 0 bridgehead atoms. The number of amides is 1. The van der Waals surface area contributed by atoms with Crippen LogP contribution in [0.3, 0.4) is 0 Å². The Morgan fingerprint density at radius 1 is 1.17 bits per heavy atom. The van der Waals surface area contributed by atoms with Crippen molar-refractivity contribution < 1.29 is 14.3 Å². The molecule has 156 valence electrons. The molecule has 1 aliphatic heterocycles. The van der Waals surface area contributed by atoms with Gasteiger partial charge < -0.3 is 14.8 Å². The number of nitrogens with one attached hydrogen (secondary N) is 1. The second kappa shape index (κ2) is 9.90. The lowest BCUT2D eigenvalue weighted by molar-refractivity contribution is 0.0342. The summed E-state index contributed by atoms with van der Waals surface area (Å²) in [6.45, 7) is 11.1. The Hall–Kier alpha value is -2.37. The standard InChI is InChI=1S/C24H32N2O3/c1-17(2)21-14-22(18(3)12-23(21)28-4)24(27)25-15-19-6-5-7-20(13-19)16-26-8-10-29-11-9-26/h5-7,12-14,17H,8-11,15-16H2,1-4H3,(H,25,27). The van der Waals surface area contributed by atoms with Crippen molar-refractivity contribution in [3.8, 4) is 5.75 Å². The van der Waals surface area contributed by atoms with Crippen LogP contribution in [0.2, 0.25) is 0 Å². The summed E-state index contributed by atoms with van der Waals surface area (Å²) in [5, 5.41) is 3.08. The number of ether oxygens (including phenoxy) is 2. The predicted molar refractivity (Wildman–Crippen MR) is 116 cm³/mol. The Labute approximate surface area is 174 Å². The molecule has 0 saturated carbocycles. The van der Waals surface area contributed by atoms with Crippen LogP contribution in [0.5, 0.6) is 5.75 Å². The predicted octanol–water partition coefficient (Wildman–Crippen LogP) is 3.89. The van der Waals surface area contributed by atoms with E-state index in [1.54, 1.807) is 7.11 Å². The first-order valence-electron chi connectivity index (χ1n) is 10.3. The van der Waals surface area contributed by atoms with Crippen LogP contribution in [-0.4, -0.2) is 44.2 Å². The molecule has 0 unspecified atom stereocenters. The quantitative estimate of drug-likeness (QED) is 0.771. The van der Waals surface area contributed by atoms with Gasteiger partial charge in [-0.05, 0) is 47.2 Å². The van der Waals surface area contributed by atoms with E-state index in [0.29, 0.717) is 12.1 Å². The SMILES string of the molecule is COc1cc(C)c(C(=O)NCc2cccc(CN3CCOCC3)c2)cc1C(C)C. The molecule has 1 aliphatic rings. The molecular formula is C24H32N2O3. The van der Waals surface area contributed by atoms with Crippen LogP contribution < -0.4 is 10.1 Å².